The fourth-order valence-corrected chi connectivity index (χ4v) is 4.81. The van der Waals surface area contributed by atoms with Gasteiger partial charge in [-0.15, -0.1) is 0 Å². The fraction of sp³-hybridized carbons (Fsp3) is 0.351. The van der Waals surface area contributed by atoms with Gasteiger partial charge in [0.15, 0.2) is 0 Å². The number of hydrogen-bond acceptors (Lipinski definition) is 9. The second-order valence-corrected chi connectivity index (χ2v) is 11.0. The summed E-state index contributed by atoms with van der Waals surface area (Å²) in [5.41, 5.74) is 28.0. The topological polar surface area (TPSA) is 161 Å². The van der Waals surface area contributed by atoms with Crippen LogP contribution in [0.5, 0.6) is 23.0 Å². The molecule has 0 heterocycles. The summed E-state index contributed by atoms with van der Waals surface area (Å²) in [5, 5.41) is 11.3. The van der Waals surface area contributed by atoms with Gasteiger partial charge >= 0.3 is 0 Å². The van der Waals surface area contributed by atoms with Crippen molar-refractivity contribution in [1.29, 1.82) is 0 Å². The predicted molar refractivity (Wildman–Crippen MR) is 184 cm³/mol. The van der Waals surface area contributed by atoms with E-state index in [0.717, 1.165) is 82.1 Å². The Balaban J connectivity index is 1.50. The molecule has 0 saturated heterocycles. The van der Waals surface area contributed by atoms with E-state index in [4.69, 9.17) is 41.9 Å². The lowest BCUT2D eigenvalue weighted by molar-refractivity contribution is 0.220. The summed E-state index contributed by atoms with van der Waals surface area (Å²) in [6.45, 7) is 4.39. The van der Waals surface area contributed by atoms with E-state index in [1.165, 1.54) is 0 Å². The van der Waals surface area contributed by atoms with Crippen LogP contribution >= 0.6 is 0 Å². The molecule has 9 N–H and O–H groups in total. The molecule has 0 atom stereocenters. The zero-order valence-corrected chi connectivity index (χ0v) is 26.5. The molecule has 46 heavy (non-hydrogen) atoms. The number of hydrogen-bond donors (Lipinski definition) is 5. The Morgan fingerprint density at radius 3 is 0.957 bits per heavy atom. The quantitative estimate of drug-likeness (QED) is 0.0847. The molecule has 0 amide bonds. The number of aliphatic hydroxyl groups is 1. The molecule has 0 unspecified atom stereocenters. The summed E-state index contributed by atoms with van der Waals surface area (Å²) in [4.78, 5) is 0. The third-order valence-electron chi connectivity index (χ3n) is 7.35. The normalized spacial score (nSPS) is 11.1. The first-order valence-electron chi connectivity index (χ1n) is 16.0. The number of aliphatic hydroxyl groups excluding tert-OH is 1. The molecule has 246 valence electrons. The van der Waals surface area contributed by atoms with Crippen LogP contribution in [0.4, 0.5) is 0 Å². The van der Waals surface area contributed by atoms with E-state index in [1.807, 2.05) is 84.9 Å². The Morgan fingerprint density at radius 1 is 0.413 bits per heavy atom. The van der Waals surface area contributed by atoms with E-state index in [0.29, 0.717) is 52.6 Å². The highest BCUT2D eigenvalue weighted by Gasteiger charge is 2.13. The van der Waals surface area contributed by atoms with E-state index >= 15 is 0 Å². The summed E-state index contributed by atoms with van der Waals surface area (Å²) in [6, 6.07) is 27.5. The van der Waals surface area contributed by atoms with Gasteiger partial charge in [-0.25, -0.2) is 0 Å². The first kappa shape index (κ1) is 34.7. The van der Waals surface area contributed by atoms with Gasteiger partial charge in [-0.3, -0.25) is 0 Å². The van der Waals surface area contributed by atoms with Gasteiger partial charge in [0.1, 0.15) is 29.1 Å². The van der Waals surface area contributed by atoms with Crippen molar-refractivity contribution in [2.24, 2.45) is 22.9 Å². The molecular weight excluding hydrogens is 580 g/mol. The molecule has 0 spiro atoms. The van der Waals surface area contributed by atoms with Crippen LogP contribution in [0.3, 0.4) is 0 Å². The first-order chi connectivity index (χ1) is 22.5. The minimum absolute atomic E-state index is 0.532. The summed E-state index contributed by atoms with van der Waals surface area (Å²) in [7, 11) is 0. The van der Waals surface area contributed by atoms with Crippen molar-refractivity contribution >= 4 is 0 Å². The molecule has 0 saturated carbocycles. The minimum atomic E-state index is -0.787. The Labute approximate surface area is 272 Å². The van der Waals surface area contributed by atoms with Gasteiger partial charge in [0, 0.05) is 12.1 Å². The highest BCUT2D eigenvalue weighted by molar-refractivity contribution is 5.69. The zero-order valence-electron chi connectivity index (χ0n) is 26.5. The number of nitrogens with two attached hydrogens (primary N) is 4. The zero-order chi connectivity index (χ0) is 32.6. The van der Waals surface area contributed by atoms with E-state index in [1.54, 1.807) is 0 Å². The maximum atomic E-state index is 11.3. The van der Waals surface area contributed by atoms with Crippen molar-refractivity contribution in [2.75, 3.05) is 52.6 Å². The monoisotopic (exact) mass is 628 g/mol. The Hall–Kier alpha value is -4.12. The summed E-state index contributed by atoms with van der Waals surface area (Å²) >= 11 is 0. The molecule has 0 aliphatic rings. The van der Waals surface area contributed by atoms with Gasteiger partial charge in [0.05, 0.1) is 26.4 Å². The molecule has 0 aliphatic carbocycles. The van der Waals surface area contributed by atoms with Crippen LogP contribution in [0.25, 0.3) is 22.3 Å². The standard InChI is InChI=1S/C37H48N4O5/c38-13-1-17-43-33-21-31(22-34(25-33)44-18-2-14-39)27-5-9-29(10-6-27)37(42)30-11-7-28(8-12-30)32-23-35(45-19-3-15-40)26-36(24-32)46-20-4-16-41/h5-12,21-26,37,42H,1-4,13-20,38-41H2. The van der Waals surface area contributed by atoms with Crippen molar-refractivity contribution in [2.45, 2.75) is 31.8 Å². The lowest BCUT2D eigenvalue weighted by Gasteiger charge is -2.15. The molecule has 0 aliphatic heterocycles. The SMILES string of the molecule is NCCCOc1cc(OCCCN)cc(-c2ccc(C(O)c3ccc(-c4cc(OCCCN)cc(OCCCN)c4)cc3)cc2)c1. The van der Waals surface area contributed by atoms with Gasteiger partial charge in [-0.2, -0.15) is 0 Å². The van der Waals surface area contributed by atoms with Gasteiger partial charge in [0.25, 0.3) is 0 Å². The van der Waals surface area contributed by atoms with Crippen LogP contribution in [0.1, 0.15) is 42.9 Å². The van der Waals surface area contributed by atoms with E-state index in [2.05, 4.69) is 0 Å². The van der Waals surface area contributed by atoms with Gasteiger partial charge in [-0.1, -0.05) is 48.5 Å². The van der Waals surface area contributed by atoms with Crippen LogP contribution in [0.2, 0.25) is 0 Å². The minimum Gasteiger partial charge on any atom is -0.493 e. The molecule has 0 fully saturated rings. The van der Waals surface area contributed by atoms with Crippen molar-refractivity contribution < 1.29 is 24.1 Å². The average molecular weight is 629 g/mol. The van der Waals surface area contributed by atoms with Gasteiger partial charge in [-0.05, 0) is 110 Å². The number of ether oxygens (including phenoxy) is 4. The predicted octanol–water partition coefficient (Wildman–Crippen LogP) is 5.01. The molecule has 9 heteroatoms. The fourth-order valence-electron chi connectivity index (χ4n) is 4.81. The van der Waals surface area contributed by atoms with Crippen LogP contribution in [0, 0.1) is 0 Å². The third kappa shape index (κ3) is 10.5. The smallest absolute Gasteiger partial charge is 0.123 e. The molecule has 4 rings (SSSR count). The molecule has 0 aromatic heterocycles. The Bertz CT molecular complexity index is 1300. The van der Waals surface area contributed by atoms with E-state index < -0.39 is 6.10 Å². The van der Waals surface area contributed by atoms with Crippen molar-refractivity contribution in [3.05, 3.63) is 96.1 Å². The van der Waals surface area contributed by atoms with Crippen molar-refractivity contribution in [3.8, 4) is 45.3 Å². The second-order valence-electron chi connectivity index (χ2n) is 11.0. The van der Waals surface area contributed by atoms with Gasteiger partial charge < -0.3 is 47.0 Å². The maximum absolute atomic E-state index is 11.3. The summed E-state index contributed by atoms with van der Waals surface area (Å²) in [6.07, 6.45) is 2.28. The number of benzene rings is 4. The summed E-state index contributed by atoms with van der Waals surface area (Å²) < 4.78 is 23.7. The highest BCUT2D eigenvalue weighted by Crippen LogP contribution is 2.34. The van der Waals surface area contributed by atoms with Crippen LogP contribution in [-0.4, -0.2) is 57.7 Å². The Kier molecular flexibility index (Phi) is 14.2. The molecular formula is C37H48N4O5. The average Bonchev–Trinajstić information content (AvgIpc) is 3.08. The van der Waals surface area contributed by atoms with Gasteiger partial charge in [0.2, 0.25) is 0 Å². The summed E-state index contributed by atoms with van der Waals surface area (Å²) in [5.74, 6) is 2.89. The lowest BCUT2D eigenvalue weighted by atomic mass is 9.96. The van der Waals surface area contributed by atoms with Crippen molar-refractivity contribution in [3.63, 3.8) is 0 Å². The first-order valence-corrected chi connectivity index (χ1v) is 16.0. The molecule has 4 aromatic carbocycles. The second kappa shape index (κ2) is 18.8. The molecule has 4 aromatic rings. The molecule has 0 bridgehead atoms. The molecule has 9 nitrogen and oxygen atoms in total. The van der Waals surface area contributed by atoms with Crippen LogP contribution < -0.4 is 41.9 Å². The van der Waals surface area contributed by atoms with E-state index in [9.17, 15) is 5.11 Å². The lowest BCUT2D eigenvalue weighted by Crippen LogP contribution is -2.07. The Morgan fingerprint density at radius 2 is 0.696 bits per heavy atom. The van der Waals surface area contributed by atoms with Crippen molar-refractivity contribution in [1.82, 2.24) is 0 Å². The third-order valence-corrected chi connectivity index (χ3v) is 7.35. The van der Waals surface area contributed by atoms with E-state index in [-0.39, 0.29) is 0 Å². The molecule has 0 radical (unpaired) electrons. The van der Waals surface area contributed by atoms with Crippen LogP contribution in [-0.2, 0) is 0 Å². The van der Waals surface area contributed by atoms with Crippen LogP contribution in [0.15, 0.2) is 84.9 Å². The number of rotatable bonds is 20. The highest BCUT2D eigenvalue weighted by atomic mass is 16.5. The maximum Gasteiger partial charge on any atom is 0.123 e. The largest absolute Gasteiger partial charge is 0.493 e.